The molecule has 7 nitrogen and oxygen atoms in total. The molecule has 8 heteroatoms. The number of hydrogen-bond donors (Lipinski definition) is 0. The zero-order valence-corrected chi connectivity index (χ0v) is 15.8. The molecule has 0 amide bonds. The van der Waals surface area contributed by atoms with Gasteiger partial charge in [-0.1, -0.05) is 23.4 Å². The molecule has 0 spiro atoms. The lowest BCUT2D eigenvalue weighted by molar-refractivity contribution is 0.289. The highest BCUT2D eigenvalue weighted by Gasteiger charge is 2.41. The van der Waals surface area contributed by atoms with E-state index >= 15 is 0 Å². The molecule has 1 atom stereocenters. The second-order valence-electron chi connectivity index (χ2n) is 7.32. The van der Waals surface area contributed by atoms with Crippen LogP contribution < -0.4 is 0 Å². The fourth-order valence-corrected chi connectivity index (χ4v) is 5.53. The summed E-state index contributed by atoms with van der Waals surface area (Å²) in [6, 6.07) is 8.64. The summed E-state index contributed by atoms with van der Waals surface area (Å²) < 4.78 is 33.9. The van der Waals surface area contributed by atoms with Crippen LogP contribution in [-0.2, 0) is 10.0 Å². The minimum atomic E-state index is -3.73. The van der Waals surface area contributed by atoms with E-state index in [1.165, 1.54) is 4.31 Å². The molecule has 3 aromatic rings. The lowest BCUT2D eigenvalue weighted by Gasteiger charge is -2.22. The number of aryl methyl sites for hydroxylation is 1. The highest BCUT2D eigenvalue weighted by atomic mass is 32.2. The Bertz CT molecular complexity index is 1120. The number of aromatic nitrogens is 3. The second-order valence-corrected chi connectivity index (χ2v) is 9.18. The van der Waals surface area contributed by atoms with Crippen LogP contribution in [0.2, 0.25) is 0 Å². The van der Waals surface area contributed by atoms with Crippen LogP contribution in [-0.4, -0.2) is 34.4 Å². The summed E-state index contributed by atoms with van der Waals surface area (Å²) in [6.45, 7) is 2.30. The molecule has 2 aliphatic rings. The SMILES string of the molecule is Cc1ccc2cccc(S(=O)(=O)N3CCCC3c3nc(C4CC4)no3)c2n1. The number of para-hydroxylation sites is 1. The first-order valence-electron chi connectivity index (χ1n) is 9.26. The van der Waals surface area contributed by atoms with Crippen molar-refractivity contribution in [3.8, 4) is 0 Å². The molecule has 3 heterocycles. The standard InChI is InChI=1S/C19H20N4O3S/c1-12-7-8-13-4-2-6-16(17(13)20-12)27(24,25)23-11-3-5-15(23)19-21-18(22-26-19)14-9-10-14/h2,4,6-8,14-15H,3,5,9-11H2,1H3. The minimum Gasteiger partial charge on any atom is -0.338 e. The van der Waals surface area contributed by atoms with E-state index in [2.05, 4.69) is 15.1 Å². The van der Waals surface area contributed by atoms with Crippen molar-refractivity contribution < 1.29 is 12.9 Å². The molecule has 2 fully saturated rings. The molecule has 140 valence electrons. The lowest BCUT2D eigenvalue weighted by atomic mass is 10.2. The van der Waals surface area contributed by atoms with Crippen molar-refractivity contribution in [2.45, 2.75) is 49.5 Å². The van der Waals surface area contributed by atoms with Gasteiger partial charge in [-0.2, -0.15) is 9.29 Å². The third kappa shape index (κ3) is 2.83. The Kier molecular flexibility index (Phi) is 3.80. The summed E-state index contributed by atoms with van der Waals surface area (Å²) in [7, 11) is -3.73. The Balaban J connectivity index is 1.56. The fourth-order valence-electron chi connectivity index (χ4n) is 3.72. The van der Waals surface area contributed by atoms with Gasteiger partial charge in [-0.05, 0) is 44.7 Å². The van der Waals surface area contributed by atoms with E-state index in [-0.39, 0.29) is 4.90 Å². The van der Waals surface area contributed by atoms with Crippen LogP contribution in [0.3, 0.4) is 0 Å². The van der Waals surface area contributed by atoms with Crippen molar-refractivity contribution >= 4 is 20.9 Å². The zero-order valence-electron chi connectivity index (χ0n) is 15.0. The molecule has 0 radical (unpaired) electrons. The van der Waals surface area contributed by atoms with Gasteiger partial charge in [0.25, 0.3) is 0 Å². The van der Waals surface area contributed by atoms with Crippen LogP contribution in [0.1, 0.15) is 55.1 Å². The Morgan fingerprint density at radius 2 is 1.96 bits per heavy atom. The maximum absolute atomic E-state index is 13.5. The van der Waals surface area contributed by atoms with Gasteiger partial charge in [-0.15, -0.1) is 0 Å². The molecule has 5 rings (SSSR count). The molecule has 1 saturated heterocycles. The first-order chi connectivity index (χ1) is 13.0. The van der Waals surface area contributed by atoms with E-state index in [4.69, 9.17) is 4.52 Å². The van der Waals surface area contributed by atoms with Crippen molar-refractivity contribution in [1.29, 1.82) is 0 Å². The van der Waals surface area contributed by atoms with Crippen LogP contribution in [0.25, 0.3) is 10.9 Å². The van der Waals surface area contributed by atoms with E-state index < -0.39 is 16.1 Å². The van der Waals surface area contributed by atoms with E-state index in [0.29, 0.717) is 36.1 Å². The number of fused-ring (bicyclic) bond motifs is 1. The van der Waals surface area contributed by atoms with Gasteiger partial charge >= 0.3 is 0 Å². The van der Waals surface area contributed by atoms with Gasteiger partial charge in [0.2, 0.25) is 15.9 Å². The topological polar surface area (TPSA) is 89.2 Å². The highest BCUT2D eigenvalue weighted by Crippen LogP contribution is 2.41. The predicted molar refractivity (Wildman–Crippen MR) is 98.6 cm³/mol. The number of rotatable bonds is 4. The van der Waals surface area contributed by atoms with Crippen molar-refractivity contribution in [3.05, 3.63) is 47.7 Å². The smallest absolute Gasteiger partial charge is 0.245 e. The normalized spacial score (nSPS) is 21.1. The molecule has 1 aliphatic heterocycles. The number of sulfonamides is 1. The van der Waals surface area contributed by atoms with Crippen LogP contribution in [0, 0.1) is 6.92 Å². The molecular weight excluding hydrogens is 364 g/mol. The molecule has 1 aliphatic carbocycles. The molecule has 0 bridgehead atoms. The average molecular weight is 384 g/mol. The molecule has 2 aromatic heterocycles. The van der Waals surface area contributed by atoms with Crippen LogP contribution in [0.15, 0.2) is 39.8 Å². The van der Waals surface area contributed by atoms with Gasteiger partial charge in [0.1, 0.15) is 10.9 Å². The second kappa shape index (κ2) is 6.10. The predicted octanol–water partition coefficient (Wildman–Crippen LogP) is 3.33. The van der Waals surface area contributed by atoms with Crippen molar-refractivity contribution in [2.75, 3.05) is 6.54 Å². The minimum absolute atomic E-state index is 0.234. The fraction of sp³-hybridized carbons (Fsp3) is 0.421. The number of pyridine rings is 1. The van der Waals surface area contributed by atoms with Gasteiger partial charge in [-0.25, -0.2) is 8.42 Å². The third-order valence-corrected chi connectivity index (χ3v) is 7.24. The van der Waals surface area contributed by atoms with Crippen LogP contribution in [0.4, 0.5) is 0 Å². The first-order valence-corrected chi connectivity index (χ1v) is 10.7. The van der Waals surface area contributed by atoms with E-state index in [0.717, 1.165) is 30.3 Å². The maximum Gasteiger partial charge on any atom is 0.245 e. The Morgan fingerprint density at radius 3 is 2.78 bits per heavy atom. The molecule has 1 saturated carbocycles. The van der Waals surface area contributed by atoms with E-state index in [9.17, 15) is 8.42 Å². The number of hydrogen-bond acceptors (Lipinski definition) is 6. The van der Waals surface area contributed by atoms with Gasteiger partial charge in [0.05, 0.1) is 5.52 Å². The van der Waals surface area contributed by atoms with Crippen molar-refractivity contribution in [1.82, 2.24) is 19.4 Å². The van der Waals surface area contributed by atoms with Gasteiger partial charge in [0, 0.05) is 23.5 Å². The number of nitrogens with zero attached hydrogens (tertiary/aromatic N) is 4. The zero-order chi connectivity index (χ0) is 18.6. The summed E-state index contributed by atoms with van der Waals surface area (Å²) >= 11 is 0. The number of benzene rings is 1. The summed E-state index contributed by atoms with van der Waals surface area (Å²) in [5, 5.41) is 4.86. The van der Waals surface area contributed by atoms with Crippen molar-refractivity contribution in [3.63, 3.8) is 0 Å². The summed E-state index contributed by atoms with van der Waals surface area (Å²) in [6.07, 6.45) is 3.60. The lowest BCUT2D eigenvalue weighted by Crippen LogP contribution is -2.31. The van der Waals surface area contributed by atoms with Gasteiger partial charge in [0.15, 0.2) is 5.82 Å². The Hall–Kier alpha value is -2.32. The van der Waals surface area contributed by atoms with Crippen molar-refractivity contribution in [2.24, 2.45) is 0 Å². The van der Waals surface area contributed by atoms with Gasteiger partial charge < -0.3 is 4.52 Å². The average Bonchev–Trinajstić information content (AvgIpc) is 3.18. The highest BCUT2D eigenvalue weighted by molar-refractivity contribution is 7.89. The quantitative estimate of drug-likeness (QED) is 0.685. The monoisotopic (exact) mass is 384 g/mol. The summed E-state index contributed by atoms with van der Waals surface area (Å²) in [5.41, 5.74) is 1.29. The largest absolute Gasteiger partial charge is 0.338 e. The Morgan fingerprint density at radius 1 is 1.11 bits per heavy atom. The molecule has 0 N–H and O–H groups in total. The summed E-state index contributed by atoms with van der Waals surface area (Å²) in [5.74, 6) is 1.48. The first kappa shape index (κ1) is 16.8. The maximum atomic E-state index is 13.5. The molecular formula is C19H20N4O3S. The Labute approximate surface area is 157 Å². The van der Waals surface area contributed by atoms with E-state index in [1.54, 1.807) is 12.1 Å². The van der Waals surface area contributed by atoms with Crippen LogP contribution >= 0.6 is 0 Å². The van der Waals surface area contributed by atoms with Crippen LogP contribution in [0.5, 0.6) is 0 Å². The molecule has 27 heavy (non-hydrogen) atoms. The van der Waals surface area contributed by atoms with Gasteiger partial charge in [-0.3, -0.25) is 4.98 Å². The van der Waals surface area contributed by atoms with E-state index in [1.807, 2.05) is 25.1 Å². The molecule has 1 aromatic carbocycles. The summed E-state index contributed by atoms with van der Waals surface area (Å²) in [4.78, 5) is 9.21. The third-order valence-electron chi connectivity index (χ3n) is 5.30. The molecule has 1 unspecified atom stereocenters.